The minimum Gasteiger partial charge on any atom is -0.491 e. The molecular weight excluding hydrogens is 228 g/mol. The van der Waals surface area contributed by atoms with Gasteiger partial charge in [-0.05, 0) is 6.07 Å². The van der Waals surface area contributed by atoms with Crippen LogP contribution in [-0.4, -0.2) is 19.4 Å². The molecule has 0 amide bonds. The summed E-state index contributed by atoms with van der Waals surface area (Å²) in [4.78, 5) is 11.2. The minimum absolute atomic E-state index is 0.374. The number of ketones is 1. The van der Waals surface area contributed by atoms with Gasteiger partial charge in [-0.2, -0.15) is 0 Å². The summed E-state index contributed by atoms with van der Waals surface area (Å²) in [5.41, 5.74) is 4.68. The Bertz CT molecular complexity index is 410. The van der Waals surface area contributed by atoms with E-state index in [0.29, 0.717) is 0 Å². The van der Waals surface area contributed by atoms with Crippen molar-refractivity contribution >= 4 is 17.4 Å². The highest BCUT2D eigenvalue weighted by molar-refractivity contribution is 6.31. The van der Waals surface area contributed by atoms with Gasteiger partial charge in [0.15, 0.2) is 23.2 Å². The van der Waals surface area contributed by atoms with Gasteiger partial charge >= 0.3 is 0 Å². The normalized spacial score (nSPS) is 10.2. The van der Waals surface area contributed by atoms with E-state index in [1.807, 2.05) is 0 Å². The molecule has 0 aliphatic carbocycles. The Morgan fingerprint density at radius 3 is 2.60 bits per heavy atom. The lowest BCUT2D eigenvalue weighted by atomic mass is 10.1. The van der Waals surface area contributed by atoms with Crippen LogP contribution < -0.4 is 10.5 Å². The molecule has 0 heterocycles. The van der Waals surface area contributed by atoms with Crippen LogP contribution in [0.5, 0.6) is 5.75 Å². The van der Waals surface area contributed by atoms with Crippen molar-refractivity contribution in [3.8, 4) is 5.75 Å². The highest BCUT2D eigenvalue weighted by Crippen LogP contribution is 2.30. The number of hydrogen-bond donors (Lipinski definition) is 1. The summed E-state index contributed by atoms with van der Waals surface area (Å²) in [6.45, 7) is -0.387. The fourth-order valence-corrected chi connectivity index (χ4v) is 1.27. The molecule has 0 aliphatic heterocycles. The zero-order valence-corrected chi connectivity index (χ0v) is 8.57. The van der Waals surface area contributed by atoms with Crippen LogP contribution in [0.1, 0.15) is 10.4 Å². The fourth-order valence-electron chi connectivity index (χ4n) is 1.07. The molecular formula is C9H8ClF2NO2. The van der Waals surface area contributed by atoms with Crippen molar-refractivity contribution in [3.63, 3.8) is 0 Å². The third-order valence-electron chi connectivity index (χ3n) is 1.81. The summed E-state index contributed by atoms with van der Waals surface area (Å²) in [6.07, 6.45) is 0. The van der Waals surface area contributed by atoms with Gasteiger partial charge in [0.2, 0.25) is 0 Å². The van der Waals surface area contributed by atoms with Crippen molar-refractivity contribution < 1.29 is 18.3 Å². The average molecular weight is 236 g/mol. The van der Waals surface area contributed by atoms with E-state index in [2.05, 4.69) is 4.74 Å². The number of nitrogens with two attached hydrogens (primary N) is 1. The van der Waals surface area contributed by atoms with Gasteiger partial charge in [0.05, 0.1) is 24.2 Å². The molecule has 3 nitrogen and oxygen atoms in total. The Labute approximate surface area is 89.8 Å². The lowest BCUT2D eigenvalue weighted by Gasteiger charge is -2.08. The molecule has 0 atom stereocenters. The maximum absolute atomic E-state index is 13.5. The molecule has 0 spiro atoms. The number of rotatable bonds is 3. The summed E-state index contributed by atoms with van der Waals surface area (Å²) in [5.74, 6) is -3.48. The van der Waals surface area contributed by atoms with Crippen LogP contribution in [0.2, 0.25) is 5.02 Å². The van der Waals surface area contributed by atoms with Crippen LogP contribution in [0.3, 0.4) is 0 Å². The summed E-state index contributed by atoms with van der Waals surface area (Å²) >= 11 is 5.46. The van der Waals surface area contributed by atoms with E-state index >= 15 is 0 Å². The van der Waals surface area contributed by atoms with Crippen molar-refractivity contribution in [3.05, 3.63) is 28.3 Å². The first kappa shape index (κ1) is 11.9. The third-order valence-corrected chi connectivity index (χ3v) is 2.08. The molecule has 82 valence electrons. The Balaban J connectivity index is 3.43. The monoisotopic (exact) mass is 235 g/mol. The van der Waals surface area contributed by atoms with Gasteiger partial charge in [-0.25, -0.2) is 8.78 Å². The summed E-state index contributed by atoms with van der Waals surface area (Å²) in [6, 6.07) is 0.893. The minimum atomic E-state index is -1.09. The first-order valence-corrected chi connectivity index (χ1v) is 4.35. The second-order valence-electron chi connectivity index (χ2n) is 2.69. The Morgan fingerprint density at radius 2 is 2.13 bits per heavy atom. The lowest BCUT2D eigenvalue weighted by molar-refractivity contribution is 0.0996. The molecule has 0 radical (unpaired) electrons. The van der Waals surface area contributed by atoms with Crippen LogP contribution in [0, 0.1) is 11.6 Å². The van der Waals surface area contributed by atoms with Crippen molar-refractivity contribution in [2.75, 3.05) is 13.7 Å². The smallest absolute Gasteiger partial charge is 0.192 e. The zero-order valence-electron chi connectivity index (χ0n) is 7.81. The van der Waals surface area contributed by atoms with Crippen molar-refractivity contribution in [2.24, 2.45) is 5.73 Å². The van der Waals surface area contributed by atoms with Gasteiger partial charge in [0.25, 0.3) is 0 Å². The molecule has 0 unspecified atom stereocenters. The molecule has 0 aromatic heterocycles. The standard InChI is InChI=1S/C9H8ClF2NO2/c1-15-9-7(11)4(6(14)3-13)2-5(10)8(9)12/h2H,3,13H2,1H3. The summed E-state index contributed by atoms with van der Waals surface area (Å²) in [5, 5.41) is -0.384. The quantitative estimate of drug-likeness (QED) is 0.642. The van der Waals surface area contributed by atoms with Crippen LogP contribution >= 0.6 is 11.6 Å². The number of carbonyl (C=O) groups excluding carboxylic acids is 1. The SMILES string of the molecule is COc1c(F)c(Cl)cc(C(=O)CN)c1F. The largest absolute Gasteiger partial charge is 0.491 e. The number of methoxy groups -OCH3 is 1. The Kier molecular flexibility index (Phi) is 3.60. The molecule has 1 aromatic carbocycles. The topological polar surface area (TPSA) is 52.3 Å². The second-order valence-corrected chi connectivity index (χ2v) is 3.10. The Hall–Kier alpha value is -1.20. The van der Waals surface area contributed by atoms with Gasteiger partial charge in [-0.1, -0.05) is 11.6 Å². The van der Waals surface area contributed by atoms with Crippen LogP contribution in [0.15, 0.2) is 6.07 Å². The zero-order chi connectivity index (χ0) is 11.6. The van der Waals surface area contributed by atoms with Crippen LogP contribution in [0.25, 0.3) is 0 Å². The predicted molar refractivity (Wildman–Crippen MR) is 51.3 cm³/mol. The Morgan fingerprint density at radius 1 is 1.53 bits per heavy atom. The highest BCUT2D eigenvalue weighted by atomic mass is 35.5. The maximum atomic E-state index is 13.5. The van der Waals surface area contributed by atoms with E-state index in [9.17, 15) is 13.6 Å². The summed E-state index contributed by atoms with van der Waals surface area (Å²) in [7, 11) is 1.08. The highest BCUT2D eigenvalue weighted by Gasteiger charge is 2.21. The number of Topliss-reactive ketones (excluding diaryl/α,β-unsaturated/α-hetero) is 1. The van der Waals surface area contributed by atoms with Gasteiger partial charge in [0.1, 0.15) is 0 Å². The van der Waals surface area contributed by atoms with E-state index in [1.165, 1.54) is 0 Å². The van der Waals surface area contributed by atoms with E-state index in [4.69, 9.17) is 17.3 Å². The molecule has 0 saturated carbocycles. The van der Waals surface area contributed by atoms with Crippen molar-refractivity contribution in [2.45, 2.75) is 0 Å². The lowest BCUT2D eigenvalue weighted by Crippen LogP contribution is -2.16. The van der Waals surface area contributed by atoms with Gasteiger partial charge in [0, 0.05) is 0 Å². The number of halogens is 3. The number of hydrogen-bond acceptors (Lipinski definition) is 3. The molecule has 0 bridgehead atoms. The van der Waals surface area contributed by atoms with Gasteiger partial charge in [-0.3, -0.25) is 4.79 Å². The van der Waals surface area contributed by atoms with E-state index in [-0.39, 0.29) is 17.1 Å². The molecule has 0 aliphatic rings. The third kappa shape index (κ3) is 2.08. The van der Waals surface area contributed by atoms with E-state index in [1.54, 1.807) is 0 Å². The summed E-state index contributed by atoms with van der Waals surface area (Å²) < 4.78 is 31.1. The fraction of sp³-hybridized carbons (Fsp3) is 0.222. The molecule has 0 saturated heterocycles. The molecule has 1 rings (SSSR count). The van der Waals surface area contributed by atoms with E-state index in [0.717, 1.165) is 13.2 Å². The van der Waals surface area contributed by atoms with Gasteiger partial charge < -0.3 is 10.5 Å². The first-order valence-electron chi connectivity index (χ1n) is 3.97. The number of benzene rings is 1. The molecule has 15 heavy (non-hydrogen) atoms. The van der Waals surface area contributed by atoms with Gasteiger partial charge in [-0.15, -0.1) is 0 Å². The van der Waals surface area contributed by atoms with Crippen LogP contribution in [0.4, 0.5) is 8.78 Å². The average Bonchev–Trinajstić information content (AvgIpc) is 2.23. The number of ether oxygens (including phenoxy) is 1. The molecule has 6 heteroatoms. The molecule has 2 N–H and O–H groups in total. The van der Waals surface area contributed by atoms with Crippen molar-refractivity contribution in [1.29, 1.82) is 0 Å². The van der Waals surface area contributed by atoms with E-state index < -0.39 is 23.2 Å². The maximum Gasteiger partial charge on any atom is 0.192 e. The second kappa shape index (κ2) is 4.55. The molecule has 0 fully saturated rings. The number of carbonyl (C=O) groups is 1. The van der Waals surface area contributed by atoms with Crippen molar-refractivity contribution in [1.82, 2.24) is 0 Å². The van der Waals surface area contributed by atoms with Crippen LogP contribution in [-0.2, 0) is 0 Å². The molecule has 1 aromatic rings. The first-order chi connectivity index (χ1) is 7.02. The predicted octanol–water partition coefficient (Wildman–Crippen LogP) is 1.77.